The Labute approximate surface area is 68.2 Å². The van der Waals surface area contributed by atoms with Crippen LogP contribution in [0.25, 0.3) is 0 Å². The highest BCUT2D eigenvalue weighted by molar-refractivity contribution is 5.27. The van der Waals surface area contributed by atoms with Crippen molar-refractivity contribution in [1.82, 2.24) is 0 Å². The van der Waals surface area contributed by atoms with E-state index in [9.17, 15) is 0 Å². The maximum atomic E-state index is 5.57. The molecule has 1 nitrogen and oxygen atoms in total. The van der Waals surface area contributed by atoms with E-state index < -0.39 is 0 Å². The van der Waals surface area contributed by atoms with Crippen molar-refractivity contribution in [2.24, 2.45) is 5.73 Å². The van der Waals surface area contributed by atoms with Crippen molar-refractivity contribution in [3.8, 4) is 0 Å². The van der Waals surface area contributed by atoms with E-state index in [1.165, 1.54) is 11.1 Å². The molecule has 0 aliphatic heterocycles. The number of hydrogen-bond acceptors (Lipinski definition) is 1. The van der Waals surface area contributed by atoms with Crippen molar-refractivity contribution in [2.75, 3.05) is 0 Å². The van der Waals surface area contributed by atoms with Crippen molar-refractivity contribution >= 4 is 0 Å². The zero-order valence-electron chi connectivity index (χ0n) is 6.88. The van der Waals surface area contributed by atoms with Crippen molar-refractivity contribution in [1.29, 1.82) is 0 Å². The van der Waals surface area contributed by atoms with Crippen LogP contribution in [0.15, 0.2) is 24.3 Å². The lowest BCUT2D eigenvalue weighted by Crippen LogP contribution is -2.00. The second kappa shape index (κ2) is 4.14. The van der Waals surface area contributed by atoms with Crippen LogP contribution in [0.2, 0.25) is 0 Å². The van der Waals surface area contributed by atoms with Crippen LogP contribution in [-0.4, -0.2) is 0 Å². The zero-order valence-corrected chi connectivity index (χ0v) is 6.88. The third-order valence-electron chi connectivity index (χ3n) is 1.76. The van der Waals surface area contributed by atoms with Gasteiger partial charge in [0, 0.05) is 6.54 Å². The molecule has 0 amide bonds. The molecular weight excluding hydrogens is 134 g/mol. The maximum absolute atomic E-state index is 5.57. The Balaban J connectivity index is 2.83. The lowest BCUT2D eigenvalue weighted by molar-refractivity contribution is 1.01. The van der Waals surface area contributed by atoms with Crippen molar-refractivity contribution in [2.45, 2.75) is 19.9 Å². The molecular formula is C10H14N. The third-order valence-corrected chi connectivity index (χ3v) is 1.76. The molecule has 0 saturated heterocycles. The van der Waals surface area contributed by atoms with E-state index in [2.05, 4.69) is 31.5 Å². The molecule has 1 radical (unpaired) electrons. The van der Waals surface area contributed by atoms with Crippen LogP contribution in [0.4, 0.5) is 0 Å². The first kappa shape index (κ1) is 8.28. The first-order chi connectivity index (χ1) is 5.38. The van der Waals surface area contributed by atoms with E-state index in [0.717, 1.165) is 6.42 Å². The maximum Gasteiger partial charge on any atom is 0.0180 e. The summed E-state index contributed by atoms with van der Waals surface area (Å²) in [5.41, 5.74) is 8.17. The van der Waals surface area contributed by atoms with E-state index in [0.29, 0.717) is 6.54 Å². The third kappa shape index (κ3) is 2.05. The van der Waals surface area contributed by atoms with Gasteiger partial charge in [0.05, 0.1) is 0 Å². The number of rotatable bonds is 3. The van der Waals surface area contributed by atoms with Crippen LogP contribution < -0.4 is 5.73 Å². The fourth-order valence-electron chi connectivity index (χ4n) is 1.18. The summed E-state index contributed by atoms with van der Waals surface area (Å²) >= 11 is 0. The first-order valence-electron chi connectivity index (χ1n) is 3.93. The highest BCUT2D eigenvalue weighted by Gasteiger charge is 1.96. The van der Waals surface area contributed by atoms with Gasteiger partial charge in [0.15, 0.2) is 0 Å². The van der Waals surface area contributed by atoms with Crippen LogP contribution in [0, 0.1) is 6.42 Å². The summed E-state index contributed by atoms with van der Waals surface area (Å²) in [5.74, 6) is 0. The molecule has 1 rings (SSSR count). The Morgan fingerprint density at radius 2 is 1.91 bits per heavy atom. The van der Waals surface area contributed by atoms with Gasteiger partial charge in [0.2, 0.25) is 0 Å². The van der Waals surface area contributed by atoms with Gasteiger partial charge >= 0.3 is 0 Å². The van der Waals surface area contributed by atoms with E-state index in [4.69, 9.17) is 5.73 Å². The van der Waals surface area contributed by atoms with E-state index in [1.807, 2.05) is 6.07 Å². The second-order valence-electron chi connectivity index (χ2n) is 2.59. The Morgan fingerprint density at radius 1 is 1.27 bits per heavy atom. The van der Waals surface area contributed by atoms with Gasteiger partial charge in [-0.15, -0.1) is 0 Å². The van der Waals surface area contributed by atoms with Gasteiger partial charge in [-0.25, -0.2) is 0 Å². The molecule has 59 valence electrons. The molecule has 0 bridgehead atoms. The topological polar surface area (TPSA) is 26.0 Å². The Hall–Kier alpha value is -0.820. The molecule has 1 aromatic carbocycles. The summed E-state index contributed by atoms with van der Waals surface area (Å²) in [6, 6.07) is 8.29. The van der Waals surface area contributed by atoms with E-state index in [-0.39, 0.29) is 0 Å². The average Bonchev–Trinajstić information content (AvgIpc) is 2.06. The van der Waals surface area contributed by atoms with Crippen molar-refractivity contribution < 1.29 is 0 Å². The number of hydrogen-bond donors (Lipinski definition) is 1. The average molecular weight is 148 g/mol. The molecule has 0 saturated carbocycles. The molecule has 0 aliphatic rings. The fraction of sp³-hybridized carbons (Fsp3) is 0.300. The highest BCUT2D eigenvalue weighted by Crippen LogP contribution is 2.09. The van der Waals surface area contributed by atoms with Crippen LogP contribution in [-0.2, 0) is 13.0 Å². The Bertz CT molecular complexity index is 218. The summed E-state index contributed by atoms with van der Waals surface area (Å²) in [7, 11) is 0. The molecule has 0 heterocycles. The van der Waals surface area contributed by atoms with Crippen molar-refractivity contribution in [3.05, 3.63) is 41.8 Å². The molecule has 0 fully saturated rings. The largest absolute Gasteiger partial charge is 0.326 e. The lowest BCUT2D eigenvalue weighted by Gasteiger charge is -2.04. The van der Waals surface area contributed by atoms with Crippen LogP contribution in [0.3, 0.4) is 0 Å². The number of benzene rings is 1. The normalized spacial score (nSPS) is 10.0. The van der Waals surface area contributed by atoms with Gasteiger partial charge < -0.3 is 5.73 Å². The van der Waals surface area contributed by atoms with Crippen LogP contribution in [0.1, 0.15) is 18.1 Å². The monoisotopic (exact) mass is 148 g/mol. The molecule has 0 aromatic heterocycles. The molecule has 1 aromatic rings. The fourth-order valence-corrected chi connectivity index (χ4v) is 1.18. The van der Waals surface area contributed by atoms with Gasteiger partial charge in [0.1, 0.15) is 0 Å². The molecule has 0 spiro atoms. The van der Waals surface area contributed by atoms with Gasteiger partial charge in [-0.1, -0.05) is 31.2 Å². The zero-order chi connectivity index (χ0) is 8.10. The minimum absolute atomic E-state index is 0.643. The molecule has 11 heavy (non-hydrogen) atoms. The summed E-state index contributed by atoms with van der Waals surface area (Å²) < 4.78 is 0. The SMILES string of the molecule is C[CH]Cc1ccccc1CN. The predicted octanol–water partition coefficient (Wildman–Crippen LogP) is 1.91. The lowest BCUT2D eigenvalue weighted by atomic mass is 10.0. The van der Waals surface area contributed by atoms with Gasteiger partial charge in [0.25, 0.3) is 0 Å². The van der Waals surface area contributed by atoms with E-state index >= 15 is 0 Å². The van der Waals surface area contributed by atoms with Crippen LogP contribution >= 0.6 is 0 Å². The number of nitrogens with two attached hydrogens (primary N) is 1. The summed E-state index contributed by atoms with van der Waals surface area (Å²) in [6.07, 6.45) is 3.17. The predicted molar refractivity (Wildman–Crippen MR) is 48.0 cm³/mol. The minimum atomic E-state index is 0.643. The molecule has 0 aliphatic carbocycles. The van der Waals surface area contributed by atoms with Gasteiger partial charge in [-0.05, 0) is 24.0 Å². The molecule has 1 heteroatoms. The van der Waals surface area contributed by atoms with Crippen LogP contribution in [0.5, 0.6) is 0 Å². The van der Waals surface area contributed by atoms with Gasteiger partial charge in [-0.3, -0.25) is 0 Å². The quantitative estimate of drug-likeness (QED) is 0.696. The van der Waals surface area contributed by atoms with Gasteiger partial charge in [-0.2, -0.15) is 0 Å². The Morgan fingerprint density at radius 3 is 2.45 bits per heavy atom. The molecule has 0 atom stereocenters. The van der Waals surface area contributed by atoms with Crippen molar-refractivity contribution in [3.63, 3.8) is 0 Å². The summed E-state index contributed by atoms with van der Waals surface area (Å²) in [6.45, 7) is 2.71. The molecule has 0 unspecified atom stereocenters. The molecule has 2 N–H and O–H groups in total. The Kier molecular flexibility index (Phi) is 3.12. The summed E-state index contributed by atoms with van der Waals surface area (Å²) in [5, 5.41) is 0. The summed E-state index contributed by atoms with van der Waals surface area (Å²) in [4.78, 5) is 0. The first-order valence-corrected chi connectivity index (χ1v) is 3.93. The smallest absolute Gasteiger partial charge is 0.0180 e. The minimum Gasteiger partial charge on any atom is -0.326 e. The second-order valence-corrected chi connectivity index (χ2v) is 2.59. The highest BCUT2D eigenvalue weighted by atomic mass is 14.5. The van der Waals surface area contributed by atoms with E-state index in [1.54, 1.807) is 0 Å². The standard InChI is InChI=1S/C10H14N/c1-2-5-9-6-3-4-7-10(9)8-11/h2-4,6-7H,5,8,11H2,1H3.